The van der Waals surface area contributed by atoms with Crippen LogP contribution in [0.15, 0.2) is 82.8 Å². The Morgan fingerprint density at radius 1 is 0.976 bits per heavy atom. The molecule has 0 aromatic heterocycles. The van der Waals surface area contributed by atoms with Gasteiger partial charge in [0.05, 0.1) is 23.2 Å². The summed E-state index contributed by atoms with van der Waals surface area (Å²) in [5.74, 6) is -0.0187. The zero-order valence-corrected chi connectivity index (χ0v) is 24.6. The van der Waals surface area contributed by atoms with Crippen molar-refractivity contribution in [1.82, 2.24) is 0 Å². The maximum atomic E-state index is 12.9. The summed E-state index contributed by atoms with van der Waals surface area (Å²) in [6.45, 7) is 6.66. The largest absolute Gasteiger partial charge is 0.490 e. The highest BCUT2D eigenvalue weighted by molar-refractivity contribution is 9.10. The highest BCUT2D eigenvalue weighted by Crippen LogP contribution is 2.38. The van der Waals surface area contributed by atoms with Gasteiger partial charge in [0, 0.05) is 11.3 Å². The number of anilines is 1. The fourth-order valence-electron chi connectivity index (χ4n) is 4.27. The van der Waals surface area contributed by atoms with Crippen molar-refractivity contribution in [2.75, 3.05) is 18.5 Å². The van der Waals surface area contributed by atoms with Gasteiger partial charge in [0.2, 0.25) is 0 Å². The molecule has 4 rings (SSSR count). The third-order valence-corrected chi connectivity index (χ3v) is 6.89. The molecule has 1 N–H and O–H groups in total. The van der Waals surface area contributed by atoms with Crippen LogP contribution in [0.4, 0.5) is 5.69 Å². The average molecular weight is 614 g/mol. The second-order valence-corrected chi connectivity index (χ2v) is 9.91. The molecular weight excluding hydrogens is 584 g/mol. The van der Waals surface area contributed by atoms with Crippen molar-refractivity contribution in [2.24, 2.45) is 0 Å². The lowest BCUT2D eigenvalue weighted by Gasteiger charge is -2.17. The summed E-state index contributed by atoms with van der Waals surface area (Å²) in [6.07, 6.45) is 1.48. The van der Waals surface area contributed by atoms with Gasteiger partial charge in [-0.25, -0.2) is 4.79 Å². The number of nitrogens with one attached hydrogen (secondary N) is 1. The summed E-state index contributed by atoms with van der Waals surface area (Å²) < 4.78 is 17.8. The number of esters is 1. The molecule has 0 spiro atoms. The van der Waals surface area contributed by atoms with E-state index in [-0.39, 0.29) is 12.2 Å². The number of hydrogen-bond donors (Lipinski definition) is 1. The topological polar surface area (TPSA) is 97.7 Å². The number of nitriles is 1. The minimum atomic E-state index is -0.586. The monoisotopic (exact) mass is 612 g/mol. The molecular formula is C33H29BrN2O5. The number of aryl methyl sites for hydroxylation is 1. The molecule has 4 aromatic carbocycles. The molecule has 4 aromatic rings. The molecule has 0 aliphatic rings. The number of carbonyl (C=O) groups is 2. The van der Waals surface area contributed by atoms with Crippen LogP contribution in [0.3, 0.4) is 0 Å². The van der Waals surface area contributed by atoms with E-state index in [1.165, 1.54) is 6.08 Å². The van der Waals surface area contributed by atoms with Gasteiger partial charge in [0.25, 0.3) is 5.91 Å². The van der Waals surface area contributed by atoms with Gasteiger partial charge in [-0.15, -0.1) is 0 Å². The summed E-state index contributed by atoms with van der Waals surface area (Å²) in [5, 5.41) is 14.7. The van der Waals surface area contributed by atoms with Crippen molar-refractivity contribution in [1.29, 1.82) is 5.26 Å². The minimum absolute atomic E-state index is 0.103. The maximum Gasteiger partial charge on any atom is 0.338 e. The Balaban J connectivity index is 1.55. The first-order chi connectivity index (χ1) is 19.8. The zero-order valence-electron chi connectivity index (χ0n) is 23.0. The molecule has 0 atom stereocenters. The number of ether oxygens (including phenoxy) is 3. The molecule has 41 heavy (non-hydrogen) atoms. The second-order valence-electron chi connectivity index (χ2n) is 9.06. The van der Waals surface area contributed by atoms with Crippen molar-refractivity contribution >= 4 is 50.3 Å². The van der Waals surface area contributed by atoms with Crippen LogP contribution in [0.5, 0.6) is 11.5 Å². The first kappa shape index (κ1) is 29.4. The van der Waals surface area contributed by atoms with E-state index >= 15 is 0 Å². The van der Waals surface area contributed by atoms with Crippen LogP contribution < -0.4 is 14.8 Å². The number of rotatable bonds is 10. The first-order valence-electron chi connectivity index (χ1n) is 13.1. The summed E-state index contributed by atoms with van der Waals surface area (Å²) in [4.78, 5) is 24.7. The van der Waals surface area contributed by atoms with Gasteiger partial charge in [-0.05, 0) is 101 Å². The summed E-state index contributed by atoms with van der Waals surface area (Å²) in [6, 6.07) is 24.1. The van der Waals surface area contributed by atoms with Crippen LogP contribution in [0, 0.1) is 18.3 Å². The van der Waals surface area contributed by atoms with Gasteiger partial charge in [0.15, 0.2) is 11.5 Å². The fourth-order valence-corrected chi connectivity index (χ4v) is 4.85. The Morgan fingerprint density at radius 3 is 2.44 bits per heavy atom. The molecule has 0 bridgehead atoms. The summed E-state index contributed by atoms with van der Waals surface area (Å²) in [5.41, 5.74) is 3.49. The second kappa shape index (κ2) is 13.6. The number of amides is 1. The smallest absolute Gasteiger partial charge is 0.338 e. The van der Waals surface area contributed by atoms with Crippen molar-refractivity contribution in [3.63, 3.8) is 0 Å². The predicted octanol–water partition coefficient (Wildman–Crippen LogP) is 7.61. The van der Waals surface area contributed by atoms with E-state index in [2.05, 4.69) is 52.4 Å². The normalized spacial score (nSPS) is 11.0. The molecule has 0 radical (unpaired) electrons. The molecule has 7 nitrogen and oxygen atoms in total. The molecule has 0 aliphatic heterocycles. The highest BCUT2D eigenvalue weighted by atomic mass is 79.9. The molecule has 0 saturated heterocycles. The first-order valence-corrected chi connectivity index (χ1v) is 13.9. The molecule has 8 heteroatoms. The van der Waals surface area contributed by atoms with E-state index in [0.717, 1.165) is 21.9 Å². The van der Waals surface area contributed by atoms with Gasteiger partial charge in [-0.3, -0.25) is 4.79 Å². The number of carbonyl (C=O) groups excluding carboxylic acids is 2. The number of fused-ring (bicyclic) bond motifs is 1. The van der Waals surface area contributed by atoms with E-state index in [1.807, 2.05) is 25.1 Å². The van der Waals surface area contributed by atoms with Crippen molar-refractivity contribution in [3.05, 3.63) is 105 Å². The average Bonchev–Trinajstić information content (AvgIpc) is 2.97. The van der Waals surface area contributed by atoms with Gasteiger partial charge in [0.1, 0.15) is 18.2 Å². The van der Waals surface area contributed by atoms with Crippen LogP contribution >= 0.6 is 15.9 Å². The zero-order chi connectivity index (χ0) is 29.4. The SMILES string of the molecule is CCOC(=O)c1ccc(NC(=O)/C(C#N)=C/c2cc(Br)c(OCc3c(C)ccc4ccccc34)c(OCC)c2)cc1. The summed E-state index contributed by atoms with van der Waals surface area (Å²) in [7, 11) is 0. The van der Waals surface area contributed by atoms with Crippen LogP contribution in [0.2, 0.25) is 0 Å². The highest BCUT2D eigenvalue weighted by Gasteiger charge is 2.16. The minimum Gasteiger partial charge on any atom is -0.490 e. The van der Waals surface area contributed by atoms with Crippen molar-refractivity contribution in [2.45, 2.75) is 27.4 Å². The quantitative estimate of drug-likeness (QED) is 0.112. The molecule has 0 heterocycles. The van der Waals surface area contributed by atoms with Gasteiger partial charge < -0.3 is 19.5 Å². The lowest BCUT2D eigenvalue weighted by molar-refractivity contribution is -0.112. The number of nitrogens with zero attached hydrogens (tertiary/aromatic N) is 1. The van der Waals surface area contributed by atoms with Gasteiger partial charge >= 0.3 is 5.97 Å². The molecule has 0 saturated carbocycles. The Bertz CT molecular complexity index is 1660. The third kappa shape index (κ3) is 7.13. The number of halogens is 1. The molecule has 0 aliphatic carbocycles. The van der Waals surface area contributed by atoms with Crippen LogP contribution in [-0.4, -0.2) is 25.1 Å². The van der Waals surface area contributed by atoms with Crippen molar-refractivity contribution < 1.29 is 23.8 Å². The van der Waals surface area contributed by atoms with Crippen LogP contribution in [0.1, 0.15) is 40.9 Å². The fraction of sp³-hybridized carbons (Fsp3) is 0.182. The van der Waals surface area contributed by atoms with Crippen LogP contribution in [0.25, 0.3) is 16.8 Å². The maximum absolute atomic E-state index is 12.9. The molecule has 0 unspecified atom stereocenters. The van der Waals surface area contributed by atoms with E-state index < -0.39 is 11.9 Å². The van der Waals surface area contributed by atoms with E-state index in [9.17, 15) is 14.9 Å². The van der Waals surface area contributed by atoms with Gasteiger partial charge in [-0.2, -0.15) is 5.26 Å². The van der Waals surface area contributed by atoms with E-state index in [0.29, 0.717) is 46.0 Å². The predicted molar refractivity (Wildman–Crippen MR) is 163 cm³/mol. The van der Waals surface area contributed by atoms with Crippen LogP contribution in [-0.2, 0) is 16.1 Å². The third-order valence-electron chi connectivity index (χ3n) is 6.30. The van der Waals surface area contributed by atoms with E-state index in [4.69, 9.17) is 14.2 Å². The number of hydrogen-bond acceptors (Lipinski definition) is 6. The van der Waals surface area contributed by atoms with Crippen molar-refractivity contribution in [3.8, 4) is 17.6 Å². The van der Waals surface area contributed by atoms with E-state index in [1.54, 1.807) is 43.3 Å². The molecule has 208 valence electrons. The van der Waals surface area contributed by atoms with Gasteiger partial charge in [-0.1, -0.05) is 36.4 Å². The lowest BCUT2D eigenvalue weighted by atomic mass is 10.0. The summed E-state index contributed by atoms with van der Waals surface area (Å²) >= 11 is 3.59. The number of benzene rings is 4. The standard InChI is InChI=1S/C33H29BrN2O5/c1-4-39-30-18-22(16-25(19-35)32(37)36-26-14-12-24(13-15-26)33(38)40-5-2)17-29(34)31(30)41-20-28-21(3)10-11-23-8-6-7-9-27(23)28/h6-18H,4-5,20H2,1-3H3,(H,36,37)/b25-16+. The Morgan fingerprint density at radius 2 is 1.73 bits per heavy atom. The molecule has 0 fully saturated rings. The molecule has 1 amide bonds. The Hall–Kier alpha value is -4.61. The Labute approximate surface area is 247 Å². The Kier molecular flexibility index (Phi) is 9.77. The lowest BCUT2D eigenvalue weighted by Crippen LogP contribution is -2.13.